The molecule has 2 aliphatic rings. The van der Waals surface area contributed by atoms with E-state index in [1.165, 1.54) is 51.4 Å². The van der Waals surface area contributed by atoms with E-state index in [0.717, 1.165) is 36.7 Å². The summed E-state index contributed by atoms with van der Waals surface area (Å²) in [4.78, 5) is 0. The van der Waals surface area contributed by atoms with Crippen molar-refractivity contribution in [1.29, 1.82) is 0 Å². The van der Waals surface area contributed by atoms with Gasteiger partial charge in [0.15, 0.2) is 11.6 Å². The summed E-state index contributed by atoms with van der Waals surface area (Å²) in [6, 6.07) is 3.23. The lowest BCUT2D eigenvalue weighted by Crippen LogP contribution is -2.23. The molecule has 3 rings (SSSR count). The second-order valence-corrected chi connectivity index (χ2v) is 9.05. The molecule has 0 aliphatic heterocycles. The second kappa shape index (κ2) is 11.7. The monoisotopic (exact) mass is 416 g/mol. The van der Waals surface area contributed by atoms with E-state index >= 15 is 0 Å². The van der Waals surface area contributed by atoms with Crippen molar-refractivity contribution in [3.05, 3.63) is 47.6 Å². The van der Waals surface area contributed by atoms with Crippen LogP contribution in [0.15, 0.2) is 30.4 Å². The van der Waals surface area contributed by atoms with E-state index in [2.05, 4.69) is 25.2 Å². The fourth-order valence-electron chi connectivity index (χ4n) is 5.26. The largest absolute Gasteiger partial charge is 0.491 e. The Morgan fingerprint density at radius 2 is 1.70 bits per heavy atom. The molecule has 0 saturated heterocycles. The van der Waals surface area contributed by atoms with Crippen molar-refractivity contribution in [3.63, 3.8) is 0 Å². The molecule has 1 atom stereocenters. The fraction of sp³-hybridized carbons (Fsp3) is 0.630. The highest BCUT2D eigenvalue weighted by Crippen LogP contribution is 2.42. The molecule has 0 spiro atoms. The van der Waals surface area contributed by atoms with Gasteiger partial charge >= 0.3 is 0 Å². The molecule has 30 heavy (non-hydrogen) atoms. The lowest BCUT2D eigenvalue weighted by Gasteiger charge is -2.35. The zero-order valence-corrected chi connectivity index (χ0v) is 18.8. The quantitative estimate of drug-likeness (QED) is 0.367. The first kappa shape index (κ1) is 23.0. The van der Waals surface area contributed by atoms with E-state index < -0.39 is 11.6 Å². The van der Waals surface area contributed by atoms with E-state index in [-0.39, 0.29) is 5.75 Å². The molecule has 3 heteroatoms. The van der Waals surface area contributed by atoms with Crippen molar-refractivity contribution < 1.29 is 13.5 Å². The van der Waals surface area contributed by atoms with Gasteiger partial charge in [0.05, 0.1) is 6.61 Å². The summed E-state index contributed by atoms with van der Waals surface area (Å²) in [6.45, 7) is 4.33. The van der Waals surface area contributed by atoms with Gasteiger partial charge in [-0.05, 0) is 93.7 Å². The average Bonchev–Trinajstić information content (AvgIpc) is 2.78. The van der Waals surface area contributed by atoms with E-state index in [4.69, 9.17) is 4.74 Å². The van der Waals surface area contributed by atoms with Crippen molar-refractivity contribution in [2.24, 2.45) is 17.8 Å². The summed E-state index contributed by atoms with van der Waals surface area (Å²) in [6.07, 6.45) is 20.2. The number of ether oxygens (including phenoxy) is 1. The van der Waals surface area contributed by atoms with Crippen LogP contribution in [0.2, 0.25) is 0 Å². The maximum absolute atomic E-state index is 14.5. The van der Waals surface area contributed by atoms with Gasteiger partial charge in [-0.1, -0.05) is 44.4 Å². The number of hydrogen-bond donors (Lipinski definition) is 0. The zero-order valence-electron chi connectivity index (χ0n) is 18.8. The highest BCUT2D eigenvalue weighted by Gasteiger charge is 2.29. The topological polar surface area (TPSA) is 9.23 Å². The Labute approximate surface area is 181 Å². The zero-order chi connectivity index (χ0) is 21.3. The van der Waals surface area contributed by atoms with Crippen molar-refractivity contribution >= 4 is 5.57 Å². The van der Waals surface area contributed by atoms with Crippen LogP contribution in [0.1, 0.15) is 90.0 Å². The highest BCUT2D eigenvalue weighted by molar-refractivity contribution is 5.67. The Kier molecular flexibility index (Phi) is 8.96. The molecule has 0 aromatic heterocycles. The highest BCUT2D eigenvalue weighted by atomic mass is 19.2. The third-order valence-corrected chi connectivity index (χ3v) is 7.07. The molecular weight excluding hydrogens is 378 g/mol. The Balaban J connectivity index is 1.49. The van der Waals surface area contributed by atoms with Gasteiger partial charge in [-0.3, -0.25) is 0 Å². The summed E-state index contributed by atoms with van der Waals surface area (Å²) < 4.78 is 33.9. The lowest BCUT2D eigenvalue weighted by atomic mass is 9.70. The number of halogens is 2. The lowest BCUT2D eigenvalue weighted by molar-refractivity contribution is 0.190. The molecule has 0 N–H and O–H groups in total. The van der Waals surface area contributed by atoms with E-state index in [9.17, 15) is 8.78 Å². The molecule has 2 aliphatic carbocycles. The summed E-state index contributed by atoms with van der Waals surface area (Å²) in [5.74, 6) is 0.777. The minimum Gasteiger partial charge on any atom is -0.491 e. The number of benzene rings is 1. The number of rotatable bonds is 9. The maximum Gasteiger partial charge on any atom is 0.201 e. The van der Waals surface area contributed by atoms with Gasteiger partial charge in [-0.25, -0.2) is 4.39 Å². The van der Waals surface area contributed by atoms with Gasteiger partial charge in [-0.2, -0.15) is 4.39 Å². The van der Waals surface area contributed by atoms with Crippen LogP contribution in [-0.2, 0) is 0 Å². The first-order valence-corrected chi connectivity index (χ1v) is 12.1. The molecule has 0 amide bonds. The molecule has 0 bridgehead atoms. The number of unbranched alkanes of at least 4 members (excludes halogenated alkanes) is 1. The van der Waals surface area contributed by atoms with Crippen LogP contribution < -0.4 is 4.74 Å². The van der Waals surface area contributed by atoms with Gasteiger partial charge in [0.2, 0.25) is 5.82 Å². The molecule has 1 saturated carbocycles. The van der Waals surface area contributed by atoms with Gasteiger partial charge < -0.3 is 4.74 Å². The van der Waals surface area contributed by atoms with Crippen molar-refractivity contribution in [1.82, 2.24) is 0 Å². The second-order valence-electron chi connectivity index (χ2n) is 9.05. The van der Waals surface area contributed by atoms with E-state index in [1.54, 1.807) is 19.1 Å². The SMILES string of the molecule is CCC/C=C/CCC1CCC(C2CC=C(c3ccc(OCC)c(F)c3F)CC2)CC1. The first-order chi connectivity index (χ1) is 14.6. The molecule has 1 fully saturated rings. The normalized spacial score (nSPS) is 24.8. The van der Waals surface area contributed by atoms with Crippen LogP contribution in [0.5, 0.6) is 5.75 Å². The predicted octanol–water partition coefficient (Wildman–Crippen LogP) is 8.49. The minimum absolute atomic E-state index is 0.00523. The fourth-order valence-corrected chi connectivity index (χ4v) is 5.26. The molecule has 1 aromatic carbocycles. The molecule has 1 nitrogen and oxygen atoms in total. The van der Waals surface area contributed by atoms with Crippen LogP contribution in [0.4, 0.5) is 8.78 Å². The Morgan fingerprint density at radius 1 is 0.933 bits per heavy atom. The van der Waals surface area contributed by atoms with Crippen LogP contribution in [0.25, 0.3) is 5.57 Å². The average molecular weight is 417 g/mol. The molecule has 0 heterocycles. The Bertz CT molecular complexity index is 729. The number of allylic oxidation sites excluding steroid dienone is 4. The van der Waals surface area contributed by atoms with Gasteiger partial charge in [0.1, 0.15) is 0 Å². The minimum atomic E-state index is -0.861. The summed E-state index contributed by atoms with van der Waals surface area (Å²) in [7, 11) is 0. The molecule has 0 radical (unpaired) electrons. The molecule has 166 valence electrons. The summed E-state index contributed by atoms with van der Waals surface area (Å²) in [5.41, 5.74) is 1.37. The van der Waals surface area contributed by atoms with E-state index in [1.807, 2.05) is 0 Å². The third-order valence-electron chi connectivity index (χ3n) is 7.07. The Hall–Kier alpha value is -1.64. The van der Waals surface area contributed by atoms with Crippen LogP contribution in [-0.4, -0.2) is 6.61 Å². The van der Waals surface area contributed by atoms with E-state index in [0.29, 0.717) is 18.1 Å². The van der Waals surface area contributed by atoms with Crippen LogP contribution >= 0.6 is 0 Å². The van der Waals surface area contributed by atoms with Crippen molar-refractivity contribution in [2.75, 3.05) is 6.61 Å². The Morgan fingerprint density at radius 3 is 2.37 bits per heavy atom. The van der Waals surface area contributed by atoms with Gasteiger partial charge in [-0.15, -0.1) is 0 Å². The predicted molar refractivity (Wildman–Crippen MR) is 122 cm³/mol. The van der Waals surface area contributed by atoms with Crippen LogP contribution in [0.3, 0.4) is 0 Å². The molecule has 1 unspecified atom stereocenters. The maximum atomic E-state index is 14.5. The first-order valence-electron chi connectivity index (χ1n) is 12.1. The standard InChI is InChI=1S/C27H38F2O/c1-3-5-6-7-8-9-20-10-12-21(13-11-20)22-14-16-23(17-15-22)24-18-19-25(30-4-2)27(29)26(24)28/h6-7,16,18-22H,3-5,8-15,17H2,1-2H3/b7-6+. The smallest absolute Gasteiger partial charge is 0.201 e. The molecule has 1 aromatic rings. The van der Waals surface area contributed by atoms with Gasteiger partial charge in [0, 0.05) is 5.56 Å². The third kappa shape index (κ3) is 5.95. The molecular formula is C27H38F2O. The van der Waals surface area contributed by atoms with Crippen molar-refractivity contribution in [2.45, 2.75) is 84.5 Å². The number of hydrogen-bond acceptors (Lipinski definition) is 1. The summed E-state index contributed by atoms with van der Waals surface area (Å²) >= 11 is 0. The van der Waals surface area contributed by atoms with Crippen LogP contribution in [0, 0.1) is 29.4 Å². The van der Waals surface area contributed by atoms with Gasteiger partial charge in [0.25, 0.3) is 0 Å². The van der Waals surface area contributed by atoms with Crippen molar-refractivity contribution in [3.8, 4) is 5.75 Å². The summed E-state index contributed by atoms with van der Waals surface area (Å²) in [5, 5.41) is 0.